The fraction of sp³-hybridized carbons (Fsp3) is 0.639. The molecule has 4 rings (SSSR count). The number of aliphatic hydroxyl groups excluding tert-OH is 1. The minimum atomic E-state index is -1.66. The molecule has 1 saturated carbocycles. The summed E-state index contributed by atoms with van der Waals surface area (Å²) in [4.78, 5) is 61.4. The highest BCUT2D eigenvalue weighted by atomic mass is 35.5. The van der Waals surface area contributed by atoms with Gasteiger partial charge in [0.2, 0.25) is 11.8 Å². The van der Waals surface area contributed by atoms with Crippen LogP contribution >= 0.6 is 11.6 Å². The highest BCUT2D eigenvalue weighted by Gasteiger charge is 2.48. The third-order valence-corrected chi connectivity index (χ3v) is 10.2. The Labute approximate surface area is 298 Å². The van der Waals surface area contributed by atoms with Crippen LogP contribution in [0.4, 0.5) is 0 Å². The number of alkyl halides is 1. The Balaban J connectivity index is 1.25. The van der Waals surface area contributed by atoms with Crippen molar-refractivity contribution in [3.8, 4) is 0 Å². The summed E-state index contributed by atoms with van der Waals surface area (Å²) < 4.78 is 17.3. The van der Waals surface area contributed by atoms with Crippen LogP contribution in [0.1, 0.15) is 73.1 Å². The van der Waals surface area contributed by atoms with Crippen molar-refractivity contribution in [2.24, 2.45) is 5.92 Å². The Morgan fingerprint density at radius 2 is 1.78 bits per heavy atom. The number of halogens is 1. The van der Waals surface area contributed by atoms with Crippen molar-refractivity contribution in [3.05, 3.63) is 48.1 Å². The molecular weight excluding hydrogens is 670 g/mol. The second-order valence-electron chi connectivity index (χ2n) is 14.0. The Hall–Kier alpha value is -3.36. The number of rotatable bonds is 13. The molecule has 4 N–H and O–H groups in total. The van der Waals surface area contributed by atoms with Gasteiger partial charge in [-0.25, -0.2) is 0 Å². The van der Waals surface area contributed by atoms with Crippen LogP contribution < -0.4 is 10.6 Å². The van der Waals surface area contributed by atoms with E-state index in [1.54, 1.807) is 19.1 Å². The van der Waals surface area contributed by atoms with Crippen LogP contribution in [0.15, 0.2) is 48.1 Å². The number of nitrogens with one attached hydrogen (secondary N) is 2. The minimum absolute atomic E-state index is 0.0276. The molecule has 1 aliphatic carbocycles. The summed E-state index contributed by atoms with van der Waals surface area (Å²) in [7, 11) is 0. The molecule has 13 nitrogen and oxygen atoms in total. The zero-order valence-corrected chi connectivity index (χ0v) is 30.0. The molecule has 14 heteroatoms. The molecule has 4 amide bonds. The number of imide groups is 1. The summed E-state index contributed by atoms with van der Waals surface area (Å²) in [6.45, 7) is 8.88. The lowest BCUT2D eigenvalue weighted by atomic mass is 9.83. The molecule has 50 heavy (non-hydrogen) atoms. The van der Waals surface area contributed by atoms with Crippen LogP contribution in [-0.2, 0) is 38.2 Å². The molecule has 4 aliphatic rings. The molecule has 0 bridgehead atoms. The van der Waals surface area contributed by atoms with E-state index in [-0.39, 0.29) is 78.6 Å². The van der Waals surface area contributed by atoms with Crippen LogP contribution in [0.5, 0.6) is 0 Å². The molecule has 276 valence electrons. The van der Waals surface area contributed by atoms with Crippen LogP contribution in [0.25, 0.3) is 0 Å². The Bertz CT molecular complexity index is 1390. The third kappa shape index (κ3) is 10.3. The van der Waals surface area contributed by atoms with E-state index in [0.717, 1.165) is 12.0 Å². The molecule has 3 fully saturated rings. The van der Waals surface area contributed by atoms with Crippen molar-refractivity contribution in [2.45, 2.75) is 133 Å². The SMILES string of the molecule is CC(=O)O[C@@H](C)/C=C\C(=O)N[C@@H]1C[C@H](C)[C@H](C/C=C(C)/C=C/[C@H]2O[C@H](CC(=O)N[C@H]3C[C@H](N4C(=O)C=CC4=O)C3)C[C@@](O)(CCl)[C@@H]2O)O[C@@H]1C. The summed E-state index contributed by atoms with van der Waals surface area (Å²) in [5.41, 5.74) is -0.780. The Morgan fingerprint density at radius 3 is 2.42 bits per heavy atom. The van der Waals surface area contributed by atoms with Crippen molar-refractivity contribution in [1.82, 2.24) is 15.5 Å². The summed E-state index contributed by atoms with van der Waals surface area (Å²) in [5, 5.41) is 27.9. The number of allylic oxidation sites excluding steroid dienone is 2. The van der Waals surface area contributed by atoms with Crippen molar-refractivity contribution in [3.63, 3.8) is 0 Å². The predicted molar refractivity (Wildman–Crippen MR) is 183 cm³/mol. The van der Waals surface area contributed by atoms with Gasteiger partial charge in [0, 0.05) is 43.7 Å². The van der Waals surface area contributed by atoms with Gasteiger partial charge in [-0.3, -0.25) is 28.9 Å². The maximum atomic E-state index is 12.9. The van der Waals surface area contributed by atoms with Gasteiger partial charge in [0.1, 0.15) is 23.9 Å². The Kier molecular flexibility index (Phi) is 13.6. The topological polar surface area (TPSA) is 181 Å². The molecule has 0 aromatic carbocycles. The van der Waals surface area contributed by atoms with E-state index in [1.165, 1.54) is 36.1 Å². The number of nitrogens with zero attached hydrogens (tertiary/aromatic N) is 1. The number of aliphatic hydroxyl groups is 2. The van der Waals surface area contributed by atoms with E-state index in [9.17, 15) is 34.2 Å². The largest absolute Gasteiger partial charge is 0.459 e. The lowest BCUT2D eigenvalue weighted by Gasteiger charge is -2.44. The normalized spacial score (nSPS) is 35.3. The van der Waals surface area contributed by atoms with Crippen molar-refractivity contribution < 1.29 is 48.4 Å². The molecular formula is C36H50ClN3O10. The van der Waals surface area contributed by atoms with Gasteiger partial charge in [-0.2, -0.15) is 0 Å². The summed E-state index contributed by atoms with van der Waals surface area (Å²) in [5.74, 6) is -1.78. The van der Waals surface area contributed by atoms with Crippen LogP contribution in [0.2, 0.25) is 0 Å². The fourth-order valence-electron chi connectivity index (χ4n) is 6.84. The van der Waals surface area contributed by atoms with Gasteiger partial charge in [0.25, 0.3) is 11.8 Å². The maximum absolute atomic E-state index is 12.9. The summed E-state index contributed by atoms with van der Waals surface area (Å²) >= 11 is 6.08. The molecule has 9 atom stereocenters. The molecule has 0 radical (unpaired) electrons. The van der Waals surface area contributed by atoms with Gasteiger partial charge in [-0.15, -0.1) is 11.6 Å². The van der Waals surface area contributed by atoms with Gasteiger partial charge in [-0.1, -0.05) is 30.7 Å². The first-order chi connectivity index (χ1) is 23.6. The average molecular weight is 720 g/mol. The van der Waals surface area contributed by atoms with E-state index in [1.807, 2.05) is 19.9 Å². The van der Waals surface area contributed by atoms with E-state index < -0.39 is 36.0 Å². The molecule has 0 spiro atoms. The molecule has 0 aromatic rings. The van der Waals surface area contributed by atoms with Crippen molar-refractivity contribution in [1.29, 1.82) is 0 Å². The third-order valence-electron chi connectivity index (χ3n) is 9.76. The zero-order chi connectivity index (χ0) is 36.7. The lowest BCUT2D eigenvalue weighted by Crippen LogP contribution is -2.59. The maximum Gasteiger partial charge on any atom is 0.303 e. The lowest BCUT2D eigenvalue weighted by molar-refractivity contribution is -0.195. The zero-order valence-electron chi connectivity index (χ0n) is 29.3. The van der Waals surface area contributed by atoms with E-state index in [2.05, 4.69) is 17.6 Å². The number of hydrogen-bond acceptors (Lipinski definition) is 10. The smallest absolute Gasteiger partial charge is 0.303 e. The molecule has 3 aliphatic heterocycles. The van der Waals surface area contributed by atoms with E-state index in [0.29, 0.717) is 19.3 Å². The van der Waals surface area contributed by atoms with Gasteiger partial charge in [-0.05, 0) is 58.4 Å². The number of carbonyl (C=O) groups excluding carboxylic acids is 5. The first-order valence-corrected chi connectivity index (χ1v) is 17.7. The van der Waals surface area contributed by atoms with Crippen molar-refractivity contribution in [2.75, 3.05) is 5.88 Å². The van der Waals surface area contributed by atoms with Crippen LogP contribution in [0, 0.1) is 5.92 Å². The molecule has 0 aromatic heterocycles. The van der Waals surface area contributed by atoms with Crippen LogP contribution in [0.3, 0.4) is 0 Å². The highest BCUT2D eigenvalue weighted by Crippen LogP contribution is 2.34. The number of carbonyl (C=O) groups is 5. The quantitative estimate of drug-likeness (QED) is 0.0724. The Morgan fingerprint density at radius 1 is 1.10 bits per heavy atom. The number of hydrogen-bond donors (Lipinski definition) is 4. The second kappa shape index (κ2) is 17.2. The molecule has 2 saturated heterocycles. The highest BCUT2D eigenvalue weighted by molar-refractivity contribution is 6.18. The van der Waals surface area contributed by atoms with Gasteiger partial charge in [0.15, 0.2) is 0 Å². The summed E-state index contributed by atoms with van der Waals surface area (Å²) in [6.07, 6.45) is 9.27. The standard InChI is InChI=1S/C36H50ClN3O10/c1-20(6-9-29-21(2)14-28(23(4)49-29)39-31(42)11-8-22(3)48-24(5)41)7-10-30-35(46)36(47,19-37)18-27(50-30)17-32(43)38-25-15-26(16-25)40-33(44)12-13-34(40)45/h6-8,10-13,21-23,25-30,35,46-47H,9,14-19H2,1-5H3,(H,38,43)(H,39,42)/b10-7+,11-8-,20-6+/t21-,22-,23+,25-,26-,27+,28+,29-,30+,35+,36+/m0/s1. The number of esters is 1. The van der Waals surface area contributed by atoms with Gasteiger partial charge in [0.05, 0.1) is 36.7 Å². The van der Waals surface area contributed by atoms with E-state index >= 15 is 0 Å². The monoisotopic (exact) mass is 719 g/mol. The van der Waals surface area contributed by atoms with Crippen LogP contribution in [-0.4, -0.2) is 111 Å². The molecule has 3 heterocycles. The van der Waals surface area contributed by atoms with Gasteiger partial charge < -0.3 is 35.1 Å². The van der Waals surface area contributed by atoms with E-state index in [4.69, 9.17) is 25.8 Å². The average Bonchev–Trinajstić information content (AvgIpc) is 3.36. The number of amides is 4. The second-order valence-corrected chi connectivity index (χ2v) is 14.3. The first-order valence-electron chi connectivity index (χ1n) is 17.2. The first kappa shape index (κ1) is 39.4. The van der Waals surface area contributed by atoms with Crippen molar-refractivity contribution >= 4 is 41.2 Å². The molecule has 0 unspecified atom stereocenters. The number of ether oxygens (including phenoxy) is 3. The summed E-state index contributed by atoms with van der Waals surface area (Å²) in [6, 6.07) is -0.613. The predicted octanol–water partition coefficient (Wildman–Crippen LogP) is 2.14. The minimum Gasteiger partial charge on any atom is -0.459 e. The van der Waals surface area contributed by atoms with Gasteiger partial charge >= 0.3 is 5.97 Å². The fourth-order valence-corrected chi connectivity index (χ4v) is 7.10.